The van der Waals surface area contributed by atoms with E-state index in [-0.39, 0.29) is 11.6 Å². The summed E-state index contributed by atoms with van der Waals surface area (Å²) in [7, 11) is 0. The van der Waals surface area contributed by atoms with E-state index in [0.29, 0.717) is 10.7 Å². The van der Waals surface area contributed by atoms with Crippen molar-refractivity contribution in [2.45, 2.75) is 6.04 Å². The van der Waals surface area contributed by atoms with Crippen molar-refractivity contribution < 1.29 is 9.18 Å². The molecule has 1 aliphatic rings. The van der Waals surface area contributed by atoms with E-state index in [1.54, 1.807) is 6.07 Å². The van der Waals surface area contributed by atoms with Gasteiger partial charge < -0.3 is 10.6 Å². The second-order valence-corrected chi connectivity index (χ2v) is 5.68. The van der Waals surface area contributed by atoms with Gasteiger partial charge in [-0.2, -0.15) is 0 Å². The Balaban J connectivity index is 2.00. The average molecular weight is 356 g/mol. The van der Waals surface area contributed by atoms with Gasteiger partial charge in [0.2, 0.25) is 0 Å². The summed E-state index contributed by atoms with van der Waals surface area (Å²) in [6, 6.07) is 8.98. The maximum Gasteiger partial charge on any atom is 0.251 e. The van der Waals surface area contributed by atoms with Gasteiger partial charge in [0.25, 0.3) is 5.91 Å². The van der Waals surface area contributed by atoms with E-state index in [1.807, 2.05) is 12.1 Å². The topological polar surface area (TPSA) is 41.1 Å². The Morgan fingerprint density at radius 1 is 1.30 bits per heavy atom. The van der Waals surface area contributed by atoms with Gasteiger partial charge in [0.15, 0.2) is 0 Å². The third-order valence-electron chi connectivity index (χ3n) is 3.09. The lowest BCUT2D eigenvalue weighted by molar-refractivity contribution is -0.116. The standard InChI is InChI=1S/C14H9BrClFN2O/c15-8-2-1-3-10-12(8)13(14(20)19-10)18-11-6-7(16)4-5-9(11)17/h1-6,13,18H,(H,19,20). The van der Waals surface area contributed by atoms with E-state index in [9.17, 15) is 9.18 Å². The molecule has 20 heavy (non-hydrogen) atoms. The third kappa shape index (κ3) is 2.27. The smallest absolute Gasteiger partial charge is 0.251 e. The normalized spacial score (nSPS) is 16.8. The number of hydrogen-bond donors (Lipinski definition) is 2. The molecule has 1 atom stereocenters. The van der Waals surface area contributed by atoms with Gasteiger partial charge in [-0.15, -0.1) is 0 Å². The second kappa shape index (κ2) is 5.07. The number of nitrogens with one attached hydrogen (secondary N) is 2. The van der Waals surface area contributed by atoms with Crippen molar-refractivity contribution in [1.29, 1.82) is 0 Å². The lowest BCUT2D eigenvalue weighted by atomic mass is 10.1. The summed E-state index contributed by atoms with van der Waals surface area (Å²) >= 11 is 9.26. The van der Waals surface area contributed by atoms with Gasteiger partial charge in [-0.1, -0.05) is 33.6 Å². The maximum atomic E-state index is 13.8. The van der Waals surface area contributed by atoms with Gasteiger partial charge in [-0.25, -0.2) is 4.39 Å². The zero-order valence-electron chi connectivity index (χ0n) is 10.1. The minimum Gasteiger partial charge on any atom is -0.368 e. The molecule has 2 N–H and O–H groups in total. The van der Waals surface area contributed by atoms with Gasteiger partial charge in [0.1, 0.15) is 11.9 Å². The molecular formula is C14H9BrClFN2O. The molecule has 0 spiro atoms. The van der Waals surface area contributed by atoms with Gasteiger partial charge >= 0.3 is 0 Å². The van der Waals surface area contributed by atoms with Crippen molar-refractivity contribution in [1.82, 2.24) is 0 Å². The van der Waals surface area contributed by atoms with Crippen molar-refractivity contribution in [3.05, 3.63) is 57.3 Å². The van der Waals surface area contributed by atoms with Crippen LogP contribution in [-0.4, -0.2) is 5.91 Å². The Morgan fingerprint density at radius 2 is 2.10 bits per heavy atom. The van der Waals surface area contributed by atoms with E-state index in [0.717, 1.165) is 10.0 Å². The predicted octanol–water partition coefficient (Wildman–Crippen LogP) is 4.35. The number of halogens is 3. The molecular weight excluding hydrogens is 347 g/mol. The molecule has 1 amide bonds. The predicted molar refractivity (Wildman–Crippen MR) is 80.5 cm³/mol. The largest absolute Gasteiger partial charge is 0.368 e. The van der Waals surface area contributed by atoms with Crippen molar-refractivity contribution in [3.63, 3.8) is 0 Å². The Labute approximate surface area is 128 Å². The van der Waals surface area contributed by atoms with Gasteiger partial charge in [0, 0.05) is 20.7 Å². The first-order valence-corrected chi connectivity index (χ1v) is 7.04. The summed E-state index contributed by atoms with van der Waals surface area (Å²) in [6.45, 7) is 0. The van der Waals surface area contributed by atoms with Crippen molar-refractivity contribution in [2.24, 2.45) is 0 Å². The lowest BCUT2D eigenvalue weighted by Crippen LogP contribution is -2.20. The molecule has 3 nitrogen and oxygen atoms in total. The minimum atomic E-state index is -0.659. The number of rotatable bonds is 2. The fraction of sp³-hybridized carbons (Fsp3) is 0.0714. The summed E-state index contributed by atoms with van der Waals surface area (Å²) < 4.78 is 14.5. The molecule has 0 fully saturated rings. The van der Waals surface area contributed by atoms with Crippen LogP contribution in [0.25, 0.3) is 0 Å². The molecule has 3 rings (SSSR count). The van der Waals surface area contributed by atoms with Crippen LogP contribution >= 0.6 is 27.5 Å². The molecule has 6 heteroatoms. The summed E-state index contributed by atoms with van der Waals surface area (Å²) in [5.74, 6) is -0.686. The van der Waals surface area contributed by atoms with Gasteiger partial charge in [-0.05, 0) is 30.3 Å². The highest BCUT2D eigenvalue weighted by Gasteiger charge is 2.32. The fourth-order valence-electron chi connectivity index (χ4n) is 2.18. The van der Waals surface area contributed by atoms with Crippen LogP contribution in [0.15, 0.2) is 40.9 Å². The van der Waals surface area contributed by atoms with Crippen LogP contribution in [-0.2, 0) is 4.79 Å². The van der Waals surface area contributed by atoms with Crippen LogP contribution in [0.5, 0.6) is 0 Å². The van der Waals surface area contributed by atoms with Crippen molar-refractivity contribution in [2.75, 3.05) is 10.6 Å². The van der Waals surface area contributed by atoms with E-state index in [4.69, 9.17) is 11.6 Å². The van der Waals surface area contributed by atoms with Crippen LogP contribution in [0, 0.1) is 5.82 Å². The summed E-state index contributed by atoms with van der Waals surface area (Å²) in [5, 5.41) is 6.05. The number of fused-ring (bicyclic) bond motifs is 1. The maximum absolute atomic E-state index is 13.8. The number of amides is 1. The van der Waals surface area contributed by atoms with Crippen LogP contribution < -0.4 is 10.6 Å². The van der Waals surface area contributed by atoms with E-state index < -0.39 is 11.9 Å². The van der Waals surface area contributed by atoms with Crippen LogP contribution in [0.1, 0.15) is 11.6 Å². The van der Waals surface area contributed by atoms with E-state index in [2.05, 4.69) is 26.6 Å². The summed E-state index contributed by atoms with van der Waals surface area (Å²) in [5.41, 5.74) is 1.67. The van der Waals surface area contributed by atoms with Crippen molar-refractivity contribution >= 4 is 44.8 Å². The SMILES string of the molecule is O=C1Nc2cccc(Br)c2C1Nc1cc(Cl)ccc1F. The number of anilines is 2. The average Bonchev–Trinajstić information content (AvgIpc) is 2.72. The Hall–Kier alpha value is -1.59. The molecule has 0 saturated heterocycles. The third-order valence-corrected chi connectivity index (χ3v) is 4.02. The molecule has 1 heterocycles. The number of carbonyl (C=O) groups is 1. The molecule has 0 saturated carbocycles. The molecule has 0 bridgehead atoms. The fourth-order valence-corrected chi connectivity index (χ4v) is 2.94. The molecule has 1 aliphatic heterocycles. The van der Waals surface area contributed by atoms with Crippen molar-refractivity contribution in [3.8, 4) is 0 Å². The first kappa shape index (κ1) is 13.4. The van der Waals surface area contributed by atoms with Crippen LogP contribution in [0.4, 0.5) is 15.8 Å². The molecule has 0 aliphatic carbocycles. The highest BCUT2D eigenvalue weighted by Crippen LogP contribution is 2.38. The Kier molecular flexibility index (Phi) is 3.40. The summed E-state index contributed by atoms with van der Waals surface area (Å²) in [6.07, 6.45) is 0. The van der Waals surface area contributed by atoms with Crippen LogP contribution in [0.2, 0.25) is 5.02 Å². The minimum absolute atomic E-state index is 0.196. The first-order chi connectivity index (χ1) is 9.56. The number of benzene rings is 2. The highest BCUT2D eigenvalue weighted by molar-refractivity contribution is 9.10. The molecule has 102 valence electrons. The van der Waals surface area contributed by atoms with Crippen LogP contribution in [0.3, 0.4) is 0 Å². The van der Waals surface area contributed by atoms with Gasteiger partial charge in [-0.3, -0.25) is 4.79 Å². The molecule has 2 aromatic carbocycles. The van der Waals surface area contributed by atoms with E-state index in [1.165, 1.54) is 18.2 Å². The molecule has 0 aromatic heterocycles. The quantitative estimate of drug-likeness (QED) is 0.841. The zero-order chi connectivity index (χ0) is 14.3. The second-order valence-electron chi connectivity index (χ2n) is 4.39. The van der Waals surface area contributed by atoms with E-state index >= 15 is 0 Å². The van der Waals surface area contributed by atoms with Gasteiger partial charge in [0.05, 0.1) is 5.69 Å². The zero-order valence-corrected chi connectivity index (χ0v) is 12.4. The lowest BCUT2D eigenvalue weighted by Gasteiger charge is -2.15. The molecule has 2 aromatic rings. The Bertz CT molecular complexity index is 708. The highest BCUT2D eigenvalue weighted by atomic mass is 79.9. The number of carbonyl (C=O) groups excluding carboxylic acids is 1. The monoisotopic (exact) mass is 354 g/mol. The Morgan fingerprint density at radius 3 is 2.90 bits per heavy atom. The molecule has 1 unspecified atom stereocenters. The number of hydrogen-bond acceptors (Lipinski definition) is 2. The molecule has 0 radical (unpaired) electrons. The first-order valence-electron chi connectivity index (χ1n) is 5.87. The summed E-state index contributed by atoms with van der Waals surface area (Å²) in [4.78, 5) is 12.0.